The molecule has 1 amide bonds. The van der Waals surface area contributed by atoms with E-state index in [1.807, 2.05) is 19.1 Å². The summed E-state index contributed by atoms with van der Waals surface area (Å²) in [5.41, 5.74) is 3.21. The van der Waals surface area contributed by atoms with E-state index in [0.29, 0.717) is 42.2 Å². The maximum absolute atomic E-state index is 12.3. The third kappa shape index (κ3) is 6.01. The van der Waals surface area contributed by atoms with Gasteiger partial charge in [0.15, 0.2) is 14.6 Å². The molecule has 0 aliphatic carbocycles. The van der Waals surface area contributed by atoms with Crippen molar-refractivity contribution in [2.45, 2.75) is 45.8 Å². The number of aryl methyl sites for hydroxylation is 1. The van der Waals surface area contributed by atoms with Gasteiger partial charge in [-0.3, -0.25) is 9.59 Å². The van der Waals surface area contributed by atoms with Gasteiger partial charge in [0.05, 0.1) is 6.61 Å². The molecule has 0 N–H and O–H groups in total. The highest BCUT2D eigenvalue weighted by molar-refractivity contribution is 6.74. The molecule has 0 fully saturated rings. The van der Waals surface area contributed by atoms with Crippen LogP contribution in [0.25, 0.3) is 11.3 Å². The normalized spacial score (nSPS) is 11.9. The molecule has 0 bridgehead atoms. The Bertz CT molecular complexity index is 949. The smallest absolute Gasteiger partial charge is 0.253 e. The molecule has 0 saturated carbocycles. The summed E-state index contributed by atoms with van der Waals surface area (Å²) >= 11 is 0. The fourth-order valence-corrected chi connectivity index (χ4v) is 3.85. The predicted molar refractivity (Wildman–Crippen MR) is 126 cm³/mol. The Hall–Kier alpha value is -2.51. The fourth-order valence-electron chi connectivity index (χ4n) is 2.82. The van der Waals surface area contributed by atoms with Gasteiger partial charge in [0.2, 0.25) is 0 Å². The highest BCUT2D eigenvalue weighted by Gasteiger charge is 2.36. The van der Waals surface area contributed by atoms with E-state index >= 15 is 0 Å². The fraction of sp³-hybridized carbons (Fsp3) is 0.458. The molecular weight excluding hydrogens is 408 g/mol. The number of hydrogen-bond donors (Lipinski definition) is 0. The van der Waals surface area contributed by atoms with E-state index in [1.165, 1.54) is 4.90 Å². The summed E-state index contributed by atoms with van der Waals surface area (Å²) in [4.78, 5) is 29.6. The number of amides is 1. The summed E-state index contributed by atoms with van der Waals surface area (Å²) < 4.78 is 12.2. The van der Waals surface area contributed by atoms with Gasteiger partial charge in [0, 0.05) is 25.2 Å². The molecule has 6 nitrogen and oxygen atoms in total. The van der Waals surface area contributed by atoms with Gasteiger partial charge in [0.25, 0.3) is 5.91 Å². The number of pyridine rings is 1. The van der Waals surface area contributed by atoms with E-state index in [0.717, 1.165) is 11.1 Å². The second-order valence-corrected chi connectivity index (χ2v) is 14.2. The lowest BCUT2D eigenvalue weighted by Crippen LogP contribution is -2.41. The molecule has 31 heavy (non-hydrogen) atoms. The first kappa shape index (κ1) is 24.8. The van der Waals surface area contributed by atoms with Crippen LogP contribution in [0, 0.1) is 6.92 Å². The molecule has 0 saturated heterocycles. The Balaban J connectivity index is 2.26. The van der Waals surface area contributed by atoms with Gasteiger partial charge < -0.3 is 14.1 Å². The first-order valence-electron chi connectivity index (χ1n) is 10.4. The minimum Gasteiger partial charge on any atom is -0.489 e. The maximum atomic E-state index is 12.3. The monoisotopic (exact) mass is 442 g/mol. The van der Waals surface area contributed by atoms with E-state index in [4.69, 9.17) is 9.16 Å². The number of ether oxygens (including phenoxy) is 1. The minimum atomic E-state index is -1.85. The zero-order chi connectivity index (χ0) is 23.4. The summed E-state index contributed by atoms with van der Waals surface area (Å²) in [5, 5.41) is 0.133. The lowest BCUT2D eigenvalue weighted by molar-refractivity contribution is 0.0827. The van der Waals surface area contributed by atoms with E-state index in [1.54, 1.807) is 32.3 Å². The maximum Gasteiger partial charge on any atom is 0.253 e. The average Bonchev–Trinajstić information content (AvgIpc) is 2.69. The molecule has 2 aromatic rings. The van der Waals surface area contributed by atoms with E-state index in [-0.39, 0.29) is 10.9 Å². The van der Waals surface area contributed by atoms with Gasteiger partial charge in [-0.05, 0) is 54.9 Å². The van der Waals surface area contributed by atoms with Gasteiger partial charge in [-0.25, -0.2) is 4.98 Å². The van der Waals surface area contributed by atoms with E-state index < -0.39 is 8.32 Å². The molecule has 0 aliphatic rings. The summed E-state index contributed by atoms with van der Waals surface area (Å²) in [6, 6.07) is 8.85. The molecule has 1 heterocycles. The number of nitrogens with zero attached hydrogens (tertiary/aromatic N) is 2. The molecule has 7 heteroatoms. The molecule has 0 radical (unpaired) electrons. The molecule has 0 aliphatic heterocycles. The van der Waals surface area contributed by atoms with Gasteiger partial charge >= 0.3 is 0 Å². The van der Waals surface area contributed by atoms with Crippen LogP contribution in [0.4, 0.5) is 0 Å². The number of aromatic nitrogens is 1. The Morgan fingerprint density at radius 3 is 2.35 bits per heavy atom. The lowest BCUT2D eigenvalue weighted by atomic mass is 10.0. The molecule has 168 valence electrons. The molecule has 0 atom stereocenters. The van der Waals surface area contributed by atoms with Crippen LogP contribution in [0.5, 0.6) is 5.75 Å². The van der Waals surface area contributed by atoms with Crippen LogP contribution in [0.15, 0.2) is 30.3 Å². The van der Waals surface area contributed by atoms with Crippen molar-refractivity contribution in [1.82, 2.24) is 9.88 Å². The Labute approximate surface area is 186 Å². The summed E-state index contributed by atoms with van der Waals surface area (Å²) in [7, 11) is 1.59. The second kappa shape index (κ2) is 9.74. The third-order valence-electron chi connectivity index (χ3n) is 5.75. The minimum absolute atomic E-state index is 0.0662. The predicted octanol–water partition coefficient (Wildman–Crippen LogP) is 4.97. The van der Waals surface area contributed by atoms with Gasteiger partial charge in [-0.2, -0.15) is 0 Å². The summed E-state index contributed by atoms with van der Waals surface area (Å²) in [6.45, 7) is 13.8. The quantitative estimate of drug-likeness (QED) is 0.328. The zero-order valence-electron chi connectivity index (χ0n) is 19.9. The molecule has 2 rings (SSSR count). The van der Waals surface area contributed by atoms with Crippen molar-refractivity contribution in [2.24, 2.45) is 0 Å². The molecule has 1 aromatic heterocycles. The molecule has 1 aromatic carbocycles. The van der Waals surface area contributed by atoms with Gasteiger partial charge in [-0.15, -0.1) is 0 Å². The molecule has 0 unspecified atom stereocenters. The van der Waals surface area contributed by atoms with E-state index in [9.17, 15) is 9.59 Å². The largest absolute Gasteiger partial charge is 0.489 e. The standard InChI is InChI=1S/C24H34N2O4Si/c1-17-15-18(23(28)26(5)6)9-11-20(17)22-21(12-10-19(16-27)25-22)29-13-14-30-31(7,8)24(2,3)4/h9-12,15-16H,13-14H2,1-8H3. The number of carbonyl (C=O) groups is 2. The SMILES string of the molecule is Cc1cc(C(=O)N(C)C)ccc1-c1nc(C=O)ccc1OCCO[Si](C)(C)C(C)(C)C. The van der Waals surface area contributed by atoms with Crippen LogP contribution in [-0.2, 0) is 4.43 Å². The highest BCUT2D eigenvalue weighted by Crippen LogP contribution is 2.36. The van der Waals surface area contributed by atoms with Crippen molar-refractivity contribution >= 4 is 20.5 Å². The summed E-state index contributed by atoms with van der Waals surface area (Å²) in [5.74, 6) is 0.516. The van der Waals surface area contributed by atoms with Gasteiger partial charge in [0.1, 0.15) is 23.7 Å². The number of hydrogen-bond acceptors (Lipinski definition) is 5. The number of aldehydes is 1. The van der Waals surface area contributed by atoms with Gasteiger partial charge in [-0.1, -0.05) is 26.8 Å². The number of benzene rings is 1. The van der Waals surface area contributed by atoms with Crippen LogP contribution in [0.1, 0.15) is 47.2 Å². The first-order valence-corrected chi connectivity index (χ1v) is 13.3. The average molecular weight is 443 g/mol. The van der Waals surface area contributed by atoms with Crippen LogP contribution < -0.4 is 4.74 Å². The first-order chi connectivity index (χ1) is 14.4. The van der Waals surface area contributed by atoms with Crippen molar-refractivity contribution in [1.29, 1.82) is 0 Å². The van der Waals surface area contributed by atoms with Crippen LogP contribution in [-0.4, -0.2) is 57.7 Å². The number of rotatable bonds is 8. The van der Waals surface area contributed by atoms with Crippen molar-refractivity contribution in [2.75, 3.05) is 27.3 Å². The van der Waals surface area contributed by atoms with Crippen LogP contribution in [0.2, 0.25) is 18.1 Å². The van der Waals surface area contributed by atoms with Crippen LogP contribution in [0.3, 0.4) is 0 Å². The highest BCUT2D eigenvalue weighted by atomic mass is 28.4. The Morgan fingerprint density at radius 2 is 1.81 bits per heavy atom. The topological polar surface area (TPSA) is 68.7 Å². The van der Waals surface area contributed by atoms with E-state index in [2.05, 4.69) is 38.8 Å². The molecular formula is C24H34N2O4Si. The third-order valence-corrected chi connectivity index (χ3v) is 10.3. The molecule has 0 spiro atoms. The summed E-state index contributed by atoms with van der Waals surface area (Å²) in [6.07, 6.45) is 0.715. The Kier molecular flexibility index (Phi) is 7.78. The van der Waals surface area contributed by atoms with Crippen molar-refractivity contribution < 1.29 is 18.8 Å². The van der Waals surface area contributed by atoms with Crippen molar-refractivity contribution in [3.63, 3.8) is 0 Å². The Morgan fingerprint density at radius 1 is 1.13 bits per heavy atom. The van der Waals surface area contributed by atoms with Crippen molar-refractivity contribution in [3.05, 3.63) is 47.2 Å². The van der Waals surface area contributed by atoms with Crippen LogP contribution >= 0.6 is 0 Å². The second-order valence-electron chi connectivity index (χ2n) is 9.39. The number of carbonyl (C=O) groups excluding carboxylic acids is 2. The zero-order valence-corrected chi connectivity index (χ0v) is 20.9. The van der Waals surface area contributed by atoms with Crippen molar-refractivity contribution in [3.8, 4) is 17.0 Å². The lowest BCUT2D eigenvalue weighted by Gasteiger charge is -2.36.